The fraction of sp³-hybridized carbons (Fsp3) is 0.385. The van der Waals surface area contributed by atoms with E-state index in [1.165, 1.54) is 22.5 Å². The van der Waals surface area contributed by atoms with Gasteiger partial charge in [-0.1, -0.05) is 19.1 Å². The van der Waals surface area contributed by atoms with E-state index in [1.807, 2.05) is 36.1 Å². The lowest BCUT2D eigenvalue weighted by Gasteiger charge is -2.36. The van der Waals surface area contributed by atoms with Crippen LogP contribution in [-0.2, 0) is 16.0 Å². The Hall–Kier alpha value is -3.86. The molecule has 196 valence electrons. The van der Waals surface area contributed by atoms with Crippen molar-refractivity contribution < 1.29 is 23.5 Å². The van der Waals surface area contributed by atoms with Crippen LogP contribution in [0.1, 0.15) is 29.6 Å². The van der Waals surface area contributed by atoms with Crippen molar-refractivity contribution in [3.8, 4) is 5.75 Å². The highest BCUT2D eigenvalue weighted by Crippen LogP contribution is 2.28. The molecular weight excluding hydrogens is 494 g/mol. The molecule has 1 aliphatic heterocycles. The molecule has 1 N–H and O–H groups in total. The van der Waals surface area contributed by atoms with E-state index in [9.17, 15) is 14.4 Å². The van der Waals surface area contributed by atoms with Gasteiger partial charge >= 0.3 is 0 Å². The maximum Gasteiger partial charge on any atom is 0.290 e. The van der Waals surface area contributed by atoms with Gasteiger partial charge in [0.2, 0.25) is 11.8 Å². The molecule has 1 aliphatic rings. The molecular formula is C26H31N5O5S. The first-order chi connectivity index (χ1) is 18.0. The van der Waals surface area contributed by atoms with Crippen LogP contribution in [0.2, 0.25) is 0 Å². The topological polar surface area (TPSA) is 108 Å². The van der Waals surface area contributed by atoms with Gasteiger partial charge in [-0.25, -0.2) is 4.98 Å². The third kappa shape index (κ3) is 6.67. The monoisotopic (exact) mass is 525 g/mol. The van der Waals surface area contributed by atoms with E-state index in [0.717, 1.165) is 24.5 Å². The van der Waals surface area contributed by atoms with E-state index >= 15 is 0 Å². The van der Waals surface area contributed by atoms with E-state index in [-0.39, 0.29) is 36.4 Å². The first-order valence-corrected chi connectivity index (χ1v) is 13.1. The van der Waals surface area contributed by atoms with Crippen LogP contribution in [0.25, 0.3) is 0 Å². The summed E-state index contributed by atoms with van der Waals surface area (Å²) in [6, 6.07) is 11.1. The smallest absolute Gasteiger partial charge is 0.290 e. The fourth-order valence-corrected chi connectivity index (χ4v) is 4.94. The van der Waals surface area contributed by atoms with Crippen molar-refractivity contribution in [1.29, 1.82) is 0 Å². The highest BCUT2D eigenvalue weighted by molar-refractivity contribution is 7.13. The number of rotatable bonds is 10. The van der Waals surface area contributed by atoms with Crippen LogP contribution in [0.3, 0.4) is 0 Å². The number of furan rings is 1. The lowest BCUT2D eigenvalue weighted by molar-refractivity contribution is -0.130. The van der Waals surface area contributed by atoms with Crippen molar-refractivity contribution in [1.82, 2.24) is 14.8 Å². The van der Waals surface area contributed by atoms with E-state index < -0.39 is 0 Å². The molecule has 2 aromatic heterocycles. The number of aromatic nitrogens is 1. The van der Waals surface area contributed by atoms with Crippen molar-refractivity contribution >= 4 is 39.9 Å². The van der Waals surface area contributed by atoms with E-state index in [2.05, 4.69) is 15.2 Å². The van der Waals surface area contributed by atoms with Crippen LogP contribution in [0.15, 0.2) is 52.5 Å². The Balaban J connectivity index is 1.27. The van der Waals surface area contributed by atoms with Gasteiger partial charge in [0.05, 0.1) is 31.2 Å². The van der Waals surface area contributed by atoms with Gasteiger partial charge in [-0.2, -0.15) is 0 Å². The normalized spacial score (nSPS) is 13.4. The Kier molecular flexibility index (Phi) is 8.78. The quantitative estimate of drug-likeness (QED) is 0.433. The number of hydrogen-bond donors (Lipinski definition) is 1. The Bertz CT molecular complexity index is 1200. The SMILES string of the molecule is CCCN(CC(=O)Nc1nc(CC(=O)N2CCN(c3ccccc3OC)CC2)cs1)C(=O)c1ccco1. The molecule has 0 unspecified atom stereocenters. The summed E-state index contributed by atoms with van der Waals surface area (Å²) in [6.07, 6.45) is 2.30. The van der Waals surface area contributed by atoms with Gasteiger partial charge in [-0.05, 0) is 30.7 Å². The summed E-state index contributed by atoms with van der Waals surface area (Å²) in [6.45, 7) is 4.91. The summed E-state index contributed by atoms with van der Waals surface area (Å²) in [7, 11) is 1.66. The van der Waals surface area contributed by atoms with Gasteiger partial charge in [0.15, 0.2) is 10.9 Å². The first kappa shape index (κ1) is 26.2. The number of methoxy groups -OCH3 is 1. The first-order valence-electron chi connectivity index (χ1n) is 12.2. The van der Waals surface area contributed by atoms with Gasteiger partial charge in [0.25, 0.3) is 5.91 Å². The predicted molar refractivity (Wildman–Crippen MR) is 141 cm³/mol. The lowest BCUT2D eigenvalue weighted by atomic mass is 10.2. The van der Waals surface area contributed by atoms with Crippen molar-refractivity contribution in [2.45, 2.75) is 19.8 Å². The molecule has 3 amide bonds. The van der Waals surface area contributed by atoms with Crippen LogP contribution in [-0.4, -0.2) is 78.9 Å². The molecule has 0 radical (unpaired) electrons. The van der Waals surface area contributed by atoms with Crippen LogP contribution >= 0.6 is 11.3 Å². The number of nitrogens with one attached hydrogen (secondary N) is 1. The molecule has 10 nitrogen and oxygen atoms in total. The van der Waals surface area contributed by atoms with Gasteiger partial charge in [0, 0.05) is 38.1 Å². The number of para-hydroxylation sites is 2. The zero-order valence-electron chi connectivity index (χ0n) is 21.0. The molecule has 0 bridgehead atoms. The predicted octanol–water partition coefficient (Wildman–Crippen LogP) is 3.13. The molecule has 37 heavy (non-hydrogen) atoms. The lowest BCUT2D eigenvalue weighted by Crippen LogP contribution is -2.49. The standard InChI is InChI=1S/C26H31N5O5S/c1-3-10-31(25(34)22-9-6-15-36-22)17-23(32)28-26-27-19(18-37-26)16-24(33)30-13-11-29(12-14-30)20-7-4-5-8-21(20)35-2/h4-9,15,18H,3,10-14,16-17H2,1-2H3,(H,27,28,32). The minimum Gasteiger partial charge on any atom is -0.495 e. The van der Waals surface area contributed by atoms with Gasteiger partial charge in [-0.3, -0.25) is 14.4 Å². The summed E-state index contributed by atoms with van der Waals surface area (Å²) in [5.41, 5.74) is 1.63. The van der Waals surface area contributed by atoms with Crippen LogP contribution in [0.5, 0.6) is 5.75 Å². The second kappa shape index (κ2) is 12.4. The molecule has 0 saturated carbocycles. The molecule has 4 rings (SSSR count). The Morgan fingerprint density at radius 1 is 1.14 bits per heavy atom. The maximum absolute atomic E-state index is 12.9. The van der Waals surface area contributed by atoms with Gasteiger partial charge in [0.1, 0.15) is 12.3 Å². The maximum atomic E-state index is 12.9. The Labute approximate surface area is 219 Å². The fourth-order valence-electron chi connectivity index (χ4n) is 4.21. The average Bonchev–Trinajstić information content (AvgIpc) is 3.61. The van der Waals surface area contributed by atoms with Crippen molar-refractivity contribution in [2.75, 3.05) is 56.6 Å². The zero-order valence-corrected chi connectivity index (χ0v) is 21.8. The minimum atomic E-state index is -0.354. The molecule has 3 aromatic rings. The van der Waals surface area contributed by atoms with E-state index in [1.54, 1.807) is 24.6 Å². The molecule has 1 saturated heterocycles. The van der Waals surface area contributed by atoms with Gasteiger partial charge < -0.3 is 29.2 Å². The highest BCUT2D eigenvalue weighted by atomic mass is 32.1. The number of carbonyl (C=O) groups is 3. The number of carbonyl (C=O) groups excluding carboxylic acids is 3. The molecule has 0 spiro atoms. The number of hydrogen-bond acceptors (Lipinski definition) is 8. The second-order valence-electron chi connectivity index (χ2n) is 8.61. The number of benzene rings is 1. The summed E-state index contributed by atoms with van der Waals surface area (Å²) < 4.78 is 10.6. The third-order valence-electron chi connectivity index (χ3n) is 6.04. The van der Waals surface area contributed by atoms with Crippen LogP contribution < -0.4 is 15.0 Å². The molecule has 1 fully saturated rings. The number of nitrogens with zero attached hydrogens (tertiary/aromatic N) is 4. The minimum absolute atomic E-state index is 0.000943. The van der Waals surface area contributed by atoms with Crippen LogP contribution in [0, 0.1) is 0 Å². The molecule has 11 heteroatoms. The third-order valence-corrected chi connectivity index (χ3v) is 6.84. The largest absolute Gasteiger partial charge is 0.495 e. The Morgan fingerprint density at radius 3 is 2.62 bits per heavy atom. The molecule has 3 heterocycles. The van der Waals surface area contributed by atoms with Crippen LogP contribution in [0.4, 0.5) is 10.8 Å². The van der Waals surface area contributed by atoms with Crippen molar-refractivity contribution in [3.63, 3.8) is 0 Å². The van der Waals surface area contributed by atoms with Gasteiger partial charge in [-0.15, -0.1) is 11.3 Å². The highest BCUT2D eigenvalue weighted by Gasteiger charge is 2.24. The van der Waals surface area contributed by atoms with E-state index in [4.69, 9.17) is 9.15 Å². The number of ether oxygens (including phenoxy) is 1. The second-order valence-corrected chi connectivity index (χ2v) is 9.47. The molecule has 1 aromatic carbocycles. The molecule has 0 atom stereocenters. The number of piperazine rings is 1. The summed E-state index contributed by atoms with van der Waals surface area (Å²) in [5.74, 6) is 0.329. The number of anilines is 2. The Morgan fingerprint density at radius 2 is 1.92 bits per heavy atom. The summed E-state index contributed by atoms with van der Waals surface area (Å²) >= 11 is 1.26. The van der Waals surface area contributed by atoms with E-state index in [0.29, 0.717) is 36.9 Å². The number of thiazole rings is 1. The summed E-state index contributed by atoms with van der Waals surface area (Å²) in [5, 5.41) is 4.91. The molecule has 0 aliphatic carbocycles. The summed E-state index contributed by atoms with van der Waals surface area (Å²) in [4.78, 5) is 48.0. The zero-order chi connectivity index (χ0) is 26.2. The van der Waals surface area contributed by atoms with Crippen molar-refractivity contribution in [2.24, 2.45) is 0 Å². The van der Waals surface area contributed by atoms with Crippen molar-refractivity contribution in [3.05, 3.63) is 59.5 Å². The number of amides is 3. The average molecular weight is 526 g/mol.